The van der Waals surface area contributed by atoms with Crippen molar-refractivity contribution in [3.8, 4) is 23.6 Å². The lowest BCUT2D eigenvalue weighted by Crippen LogP contribution is -2.38. The molecule has 0 radical (unpaired) electrons. The van der Waals surface area contributed by atoms with Crippen molar-refractivity contribution < 1.29 is 14.7 Å². The van der Waals surface area contributed by atoms with Gasteiger partial charge in [0.2, 0.25) is 0 Å². The van der Waals surface area contributed by atoms with Crippen LogP contribution in [0, 0.1) is 22.7 Å². The summed E-state index contributed by atoms with van der Waals surface area (Å²) in [6.07, 6.45) is 3.13. The van der Waals surface area contributed by atoms with Gasteiger partial charge in [-0.2, -0.15) is 15.6 Å². The highest BCUT2D eigenvalue weighted by molar-refractivity contribution is 5.71. The van der Waals surface area contributed by atoms with E-state index in [0.29, 0.717) is 33.3 Å². The molecule has 0 saturated heterocycles. The Bertz CT molecular complexity index is 908. The van der Waals surface area contributed by atoms with Crippen molar-refractivity contribution in [3.63, 3.8) is 0 Å². The smallest absolute Gasteiger partial charge is 0.339 e. The van der Waals surface area contributed by atoms with E-state index in [1.165, 1.54) is 6.08 Å². The summed E-state index contributed by atoms with van der Waals surface area (Å²) in [5.41, 5.74) is 6.36. The molecule has 3 N–H and O–H groups in total. The van der Waals surface area contributed by atoms with Crippen LogP contribution in [0.4, 0.5) is 4.79 Å². The number of nitriles is 2. The van der Waals surface area contributed by atoms with Crippen LogP contribution in [-0.4, -0.2) is 22.3 Å². The van der Waals surface area contributed by atoms with Gasteiger partial charge in [-0.05, 0) is 42.8 Å². The molecule has 2 amide bonds. The molecule has 0 spiro atoms. The molecule has 0 aliphatic carbocycles. The van der Waals surface area contributed by atoms with Crippen molar-refractivity contribution in [2.45, 2.75) is 13.0 Å². The van der Waals surface area contributed by atoms with E-state index in [0.717, 1.165) is 0 Å². The molecule has 130 valence electrons. The zero-order valence-corrected chi connectivity index (χ0v) is 14.0. The molecule has 0 unspecified atom stereocenters. The van der Waals surface area contributed by atoms with Crippen molar-refractivity contribution in [2.75, 3.05) is 0 Å². The zero-order valence-electron chi connectivity index (χ0n) is 14.0. The summed E-state index contributed by atoms with van der Waals surface area (Å²) in [6.45, 7) is 1.57. The lowest BCUT2D eigenvalue weighted by Gasteiger charge is -2.17. The molecular weight excluding hydrogens is 332 g/mol. The second-order valence-electron chi connectivity index (χ2n) is 5.35. The first-order chi connectivity index (χ1) is 12.5. The van der Waals surface area contributed by atoms with Crippen LogP contribution in [0.5, 0.6) is 11.5 Å². The topological polar surface area (TPSA) is 123 Å². The van der Waals surface area contributed by atoms with Gasteiger partial charge in [0, 0.05) is 0 Å². The lowest BCUT2D eigenvalue weighted by molar-refractivity contribution is -0.0560. The normalized spacial score (nSPS) is 11.4. The Labute approximate surface area is 150 Å². The standard InChI is InChI=1S/C19H16N4O3/c1-13(23(25)19(22)24)5-8-15-3-2-4-18(17(15)12-21)26-16-9-6-14(11-20)7-10-16/h2-10,13,25H,1H3,(H2,22,24)/b8-5+/t13-/m1/s1. The summed E-state index contributed by atoms with van der Waals surface area (Å²) in [4.78, 5) is 11.0. The van der Waals surface area contributed by atoms with E-state index >= 15 is 0 Å². The highest BCUT2D eigenvalue weighted by Crippen LogP contribution is 2.28. The quantitative estimate of drug-likeness (QED) is 0.633. The minimum Gasteiger partial charge on any atom is -0.456 e. The molecular formula is C19H16N4O3. The van der Waals surface area contributed by atoms with Gasteiger partial charge in [0.1, 0.15) is 23.1 Å². The zero-order chi connectivity index (χ0) is 19.1. The Kier molecular flexibility index (Phi) is 5.94. The number of urea groups is 1. The molecule has 7 heteroatoms. The van der Waals surface area contributed by atoms with Gasteiger partial charge in [-0.1, -0.05) is 24.3 Å². The van der Waals surface area contributed by atoms with E-state index in [9.17, 15) is 15.3 Å². The van der Waals surface area contributed by atoms with Gasteiger partial charge >= 0.3 is 6.03 Å². The van der Waals surface area contributed by atoms with Crippen LogP contribution in [0.15, 0.2) is 48.5 Å². The molecule has 26 heavy (non-hydrogen) atoms. The largest absolute Gasteiger partial charge is 0.456 e. The molecule has 2 aromatic carbocycles. The summed E-state index contributed by atoms with van der Waals surface area (Å²) in [7, 11) is 0. The third kappa shape index (κ3) is 4.38. The van der Waals surface area contributed by atoms with Crippen LogP contribution in [0.3, 0.4) is 0 Å². The van der Waals surface area contributed by atoms with E-state index in [-0.39, 0.29) is 0 Å². The number of nitrogens with zero attached hydrogens (tertiary/aromatic N) is 3. The predicted octanol–water partition coefficient (Wildman–Crippen LogP) is 3.39. The minimum atomic E-state index is -0.972. The van der Waals surface area contributed by atoms with Crippen LogP contribution >= 0.6 is 0 Å². The SMILES string of the molecule is C[C@H](/C=C/c1cccc(Oc2ccc(C#N)cc2)c1C#N)N(O)C(N)=O. The van der Waals surface area contributed by atoms with Crippen molar-refractivity contribution in [1.29, 1.82) is 10.5 Å². The number of amides is 2. The third-order valence-corrected chi connectivity index (χ3v) is 3.55. The maximum atomic E-state index is 11.0. The molecule has 1 atom stereocenters. The summed E-state index contributed by atoms with van der Waals surface area (Å²) in [5.74, 6) is 0.841. The first-order valence-electron chi connectivity index (χ1n) is 7.63. The number of benzene rings is 2. The van der Waals surface area contributed by atoms with Crippen LogP contribution < -0.4 is 10.5 Å². The van der Waals surface area contributed by atoms with Gasteiger partial charge in [-0.25, -0.2) is 4.79 Å². The monoisotopic (exact) mass is 348 g/mol. The second-order valence-corrected chi connectivity index (χ2v) is 5.35. The highest BCUT2D eigenvalue weighted by atomic mass is 16.5. The molecule has 0 fully saturated rings. The number of carbonyl (C=O) groups excluding carboxylic acids is 1. The van der Waals surface area contributed by atoms with Crippen molar-refractivity contribution in [2.24, 2.45) is 5.73 Å². The average Bonchev–Trinajstić information content (AvgIpc) is 2.66. The van der Waals surface area contributed by atoms with Gasteiger partial charge in [-0.3, -0.25) is 5.21 Å². The molecule has 0 aliphatic heterocycles. The Balaban J connectivity index is 2.27. The van der Waals surface area contributed by atoms with E-state index in [1.807, 2.05) is 6.07 Å². The molecule has 2 rings (SSSR count). The molecule has 0 aromatic heterocycles. The van der Waals surface area contributed by atoms with Gasteiger partial charge in [0.25, 0.3) is 0 Å². The van der Waals surface area contributed by atoms with Crippen LogP contribution in [0.1, 0.15) is 23.6 Å². The number of nitrogens with two attached hydrogens (primary N) is 1. The highest BCUT2D eigenvalue weighted by Gasteiger charge is 2.13. The van der Waals surface area contributed by atoms with E-state index in [4.69, 9.17) is 15.7 Å². The first kappa shape index (κ1) is 18.5. The Morgan fingerprint density at radius 3 is 2.50 bits per heavy atom. The van der Waals surface area contributed by atoms with Crippen LogP contribution in [-0.2, 0) is 0 Å². The van der Waals surface area contributed by atoms with Crippen molar-refractivity contribution in [1.82, 2.24) is 5.06 Å². The Hall–Kier alpha value is -3.81. The Morgan fingerprint density at radius 2 is 1.92 bits per heavy atom. The maximum absolute atomic E-state index is 11.0. The van der Waals surface area contributed by atoms with Crippen LogP contribution in [0.2, 0.25) is 0 Å². The maximum Gasteiger partial charge on any atom is 0.339 e. The third-order valence-electron chi connectivity index (χ3n) is 3.55. The fourth-order valence-electron chi connectivity index (χ4n) is 2.14. The predicted molar refractivity (Wildman–Crippen MR) is 94.1 cm³/mol. The summed E-state index contributed by atoms with van der Waals surface area (Å²) >= 11 is 0. The molecule has 0 saturated carbocycles. The van der Waals surface area contributed by atoms with Gasteiger partial charge in [0.15, 0.2) is 0 Å². The van der Waals surface area contributed by atoms with Gasteiger partial charge in [0.05, 0.1) is 17.7 Å². The minimum absolute atomic E-state index is 0.295. The van der Waals surface area contributed by atoms with Crippen LogP contribution in [0.25, 0.3) is 6.08 Å². The van der Waals surface area contributed by atoms with Crippen molar-refractivity contribution in [3.05, 3.63) is 65.2 Å². The summed E-state index contributed by atoms with van der Waals surface area (Å²) in [5, 5.41) is 28.2. The fraction of sp³-hybridized carbons (Fsp3) is 0.105. The second kappa shape index (κ2) is 8.34. The van der Waals surface area contributed by atoms with E-state index in [1.54, 1.807) is 55.5 Å². The number of rotatable bonds is 5. The summed E-state index contributed by atoms with van der Waals surface area (Å²) < 4.78 is 5.73. The van der Waals surface area contributed by atoms with E-state index < -0.39 is 12.1 Å². The number of ether oxygens (including phenoxy) is 1. The number of hydroxylamine groups is 2. The summed E-state index contributed by atoms with van der Waals surface area (Å²) in [6, 6.07) is 14.1. The number of hydrogen-bond donors (Lipinski definition) is 2. The lowest BCUT2D eigenvalue weighted by atomic mass is 10.1. The average molecular weight is 348 g/mol. The van der Waals surface area contributed by atoms with Gasteiger partial charge < -0.3 is 10.5 Å². The number of carbonyl (C=O) groups is 1. The van der Waals surface area contributed by atoms with Gasteiger partial charge in [-0.15, -0.1) is 0 Å². The first-order valence-corrected chi connectivity index (χ1v) is 7.63. The molecule has 7 nitrogen and oxygen atoms in total. The van der Waals surface area contributed by atoms with E-state index in [2.05, 4.69) is 6.07 Å². The van der Waals surface area contributed by atoms with Crippen molar-refractivity contribution >= 4 is 12.1 Å². The number of hydrogen-bond acceptors (Lipinski definition) is 5. The number of primary amides is 1. The molecule has 0 bridgehead atoms. The molecule has 0 heterocycles. The molecule has 0 aliphatic rings. The molecule has 2 aromatic rings. The fourth-order valence-corrected chi connectivity index (χ4v) is 2.14. The Morgan fingerprint density at radius 1 is 1.23 bits per heavy atom.